The van der Waals surface area contributed by atoms with Crippen LogP contribution in [0, 0.1) is 6.92 Å². The maximum atomic E-state index is 12.3. The van der Waals surface area contributed by atoms with E-state index in [-0.39, 0.29) is 22.0 Å². The van der Waals surface area contributed by atoms with Gasteiger partial charge in [-0.25, -0.2) is 0 Å². The molecule has 8 nitrogen and oxygen atoms in total. The van der Waals surface area contributed by atoms with E-state index >= 15 is 0 Å². The van der Waals surface area contributed by atoms with Crippen molar-refractivity contribution in [3.8, 4) is 0 Å². The Morgan fingerprint density at radius 1 is 0.959 bits per heavy atom. The number of carbonyl (C=O) groups is 2. The molecule has 2 N–H and O–H groups in total. The van der Waals surface area contributed by atoms with Crippen LogP contribution < -0.4 is 10.2 Å². The van der Waals surface area contributed by atoms with Crippen molar-refractivity contribution in [3.05, 3.63) is 108 Å². The first-order valence-corrected chi connectivity index (χ1v) is 18.4. The highest BCUT2D eigenvalue weighted by atomic mass is 32.2. The van der Waals surface area contributed by atoms with Gasteiger partial charge in [0.25, 0.3) is 10.1 Å². The quantitative estimate of drug-likeness (QED) is 0.0506. The Morgan fingerprint density at radius 3 is 2.43 bits per heavy atom. The van der Waals surface area contributed by atoms with E-state index in [4.69, 9.17) is 0 Å². The van der Waals surface area contributed by atoms with E-state index in [0.717, 1.165) is 36.2 Å². The minimum absolute atomic E-state index is 0.0276. The molecule has 9 heteroatoms. The highest BCUT2D eigenvalue weighted by molar-refractivity contribution is 7.85. The molecule has 4 rings (SSSR count). The fourth-order valence-corrected chi connectivity index (χ4v) is 7.37. The molecule has 2 heterocycles. The first-order chi connectivity index (χ1) is 23.1. The number of amides is 1. The fraction of sp³-hybridized carbons (Fsp3) is 0.400. The number of hydrogen-bond donors (Lipinski definition) is 2. The second-order valence-electron chi connectivity index (χ2n) is 13.9. The summed E-state index contributed by atoms with van der Waals surface area (Å²) in [5.74, 6) is -0.0768. The van der Waals surface area contributed by atoms with Gasteiger partial charge >= 0.3 is 0 Å². The van der Waals surface area contributed by atoms with Gasteiger partial charge in [0.15, 0.2) is 11.5 Å². The molecule has 49 heavy (non-hydrogen) atoms. The number of ketones is 1. The van der Waals surface area contributed by atoms with Crippen LogP contribution in [0.5, 0.6) is 0 Å². The van der Waals surface area contributed by atoms with Crippen molar-refractivity contribution >= 4 is 38.9 Å². The lowest BCUT2D eigenvalue weighted by Crippen LogP contribution is -2.27. The first-order valence-electron chi connectivity index (χ1n) is 16.9. The van der Waals surface area contributed by atoms with Gasteiger partial charge in [-0.15, -0.1) is 5.73 Å². The molecule has 0 fully saturated rings. The van der Waals surface area contributed by atoms with Crippen LogP contribution in [0.15, 0.2) is 95.8 Å². The third-order valence-corrected chi connectivity index (χ3v) is 10.4. The molecule has 2 aromatic carbocycles. The van der Waals surface area contributed by atoms with E-state index < -0.39 is 15.5 Å². The van der Waals surface area contributed by atoms with Crippen LogP contribution in [0.3, 0.4) is 0 Å². The van der Waals surface area contributed by atoms with Crippen LogP contribution in [-0.2, 0) is 30.5 Å². The summed E-state index contributed by atoms with van der Waals surface area (Å²) in [5, 5.41) is 2.88. The first kappa shape index (κ1) is 37.5. The number of carbonyl (C=O) groups excluding carboxylic acids is 2. The standard InChI is InChI=1S/C40H49N3O5S/c1-8-16-30(44)17-15-25-41-38(45)20-13-10-14-26-43-35-24-22-31(49(46,47)48)28-33(35)40(5,6)37(43)19-12-9-11-18-36-39(3,4)32-27-29(2)21-23-34(32)42(36)7/h9,11-12,16,18-19,21-24,27-28H,1,10,13-15,17,20,25-26H2,2-7H3,(H-,41,45,46,47,48)/p+1. The third-order valence-electron chi connectivity index (χ3n) is 9.55. The summed E-state index contributed by atoms with van der Waals surface area (Å²) in [7, 11) is -2.25. The number of anilines is 1. The number of fused-ring (bicyclic) bond motifs is 2. The summed E-state index contributed by atoms with van der Waals surface area (Å²) in [6.45, 7) is 15.3. The minimum Gasteiger partial charge on any atom is -0.356 e. The smallest absolute Gasteiger partial charge is 0.294 e. The largest absolute Gasteiger partial charge is 0.356 e. The van der Waals surface area contributed by atoms with Crippen molar-refractivity contribution in [2.75, 3.05) is 25.0 Å². The third kappa shape index (κ3) is 8.66. The molecule has 0 spiro atoms. The van der Waals surface area contributed by atoms with Crippen LogP contribution in [0.2, 0.25) is 0 Å². The molecule has 0 atom stereocenters. The summed E-state index contributed by atoms with van der Waals surface area (Å²) in [5.41, 5.74) is 9.58. The normalized spacial score (nSPS) is 17.1. The van der Waals surface area contributed by atoms with Gasteiger partial charge in [-0.2, -0.15) is 13.0 Å². The fourth-order valence-electron chi connectivity index (χ4n) is 6.86. The van der Waals surface area contributed by atoms with Crippen molar-refractivity contribution < 1.29 is 27.1 Å². The monoisotopic (exact) mass is 684 g/mol. The summed E-state index contributed by atoms with van der Waals surface area (Å²) in [4.78, 5) is 25.9. The van der Waals surface area contributed by atoms with Crippen LogP contribution in [0.25, 0.3) is 0 Å². The number of rotatable bonds is 15. The van der Waals surface area contributed by atoms with Crippen LogP contribution in [0.4, 0.5) is 11.4 Å². The zero-order valence-electron chi connectivity index (χ0n) is 29.7. The Balaban J connectivity index is 1.45. The lowest BCUT2D eigenvalue weighted by molar-refractivity contribution is -0.401. The summed E-state index contributed by atoms with van der Waals surface area (Å²) >= 11 is 0. The number of aryl methyl sites for hydroxylation is 1. The van der Waals surface area contributed by atoms with Crippen molar-refractivity contribution in [2.45, 2.75) is 88.9 Å². The van der Waals surface area contributed by atoms with Crippen LogP contribution >= 0.6 is 0 Å². The van der Waals surface area contributed by atoms with Crippen molar-refractivity contribution in [3.63, 3.8) is 0 Å². The highest BCUT2D eigenvalue weighted by Gasteiger charge is 2.43. The average Bonchev–Trinajstić information content (AvgIpc) is 3.35. The Bertz CT molecular complexity index is 1890. The summed E-state index contributed by atoms with van der Waals surface area (Å²) in [6.07, 6.45) is 15.4. The lowest BCUT2D eigenvalue weighted by Gasteiger charge is -2.27. The van der Waals surface area contributed by atoms with E-state index in [1.807, 2.05) is 12.2 Å². The minimum atomic E-state index is -4.36. The molecular formula is C40H50N3O5S+. The molecular weight excluding hydrogens is 635 g/mol. The van der Waals surface area contributed by atoms with Gasteiger partial charge in [-0.05, 0) is 75.9 Å². The summed E-state index contributed by atoms with van der Waals surface area (Å²) < 4.78 is 36.0. The molecule has 0 aliphatic carbocycles. The molecule has 2 aliphatic rings. The Kier molecular flexibility index (Phi) is 11.9. The molecule has 0 saturated heterocycles. The predicted molar refractivity (Wildman–Crippen MR) is 197 cm³/mol. The lowest BCUT2D eigenvalue weighted by atomic mass is 9.81. The van der Waals surface area contributed by atoms with Gasteiger partial charge in [0.05, 0.1) is 10.3 Å². The summed E-state index contributed by atoms with van der Waals surface area (Å²) in [6, 6.07) is 11.4. The number of nitrogens with one attached hydrogen (secondary N) is 1. The number of unbranched alkanes of at least 4 members (excludes halogenated alkanes) is 2. The zero-order chi connectivity index (χ0) is 36.0. The molecule has 260 valence electrons. The molecule has 0 unspecified atom stereocenters. The van der Waals surface area contributed by atoms with Crippen molar-refractivity contribution in [2.24, 2.45) is 0 Å². The molecule has 1 amide bonds. The number of benzene rings is 2. The van der Waals surface area contributed by atoms with Gasteiger partial charge in [-0.3, -0.25) is 14.1 Å². The van der Waals surface area contributed by atoms with Crippen LogP contribution in [0.1, 0.15) is 82.9 Å². The maximum absolute atomic E-state index is 12.3. The van der Waals surface area contributed by atoms with Crippen molar-refractivity contribution in [1.82, 2.24) is 5.32 Å². The average molecular weight is 685 g/mol. The van der Waals surface area contributed by atoms with Gasteiger partial charge < -0.3 is 10.2 Å². The molecule has 0 radical (unpaired) electrons. The molecule has 2 aliphatic heterocycles. The second-order valence-corrected chi connectivity index (χ2v) is 15.3. The number of hydrogen-bond acceptors (Lipinski definition) is 5. The zero-order valence-corrected chi connectivity index (χ0v) is 30.5. The topological polar surface area (TPSA) is 107 Å². The van der Waals surface area contributed by atoms with Gasteiger partial charge in [0.1, 0.15) is 7.05 Å². The van der Waals surface area contributed by atoms with Crippen LogP contribution in [-0.4, -0.2) is 55.1 Å². The van der Waals surface area contributed by atoms with Gasteiger partial charge in [0.2, 0.25) is 11.6 Å². The molecule has 2 aromatic rings. The van der Waals surface area contributed by atoms with Crippen molar-refractivity contribution in [1.29, 1.82) is 0 Å². The molecule has 0 aromatic heterocycles. The molecule has 0 bridgehead atoms. The van der Waals surface area contributed by atoms with Gasteiger partial charge in [0, 0.05) is 66.5 Å². The highest BCUT2D eigenvalue weighted by Crippen LogP contribution is 2.48. The number of nitrogens with zero attached hydrogens (tertiary/aromatic N) is 2. The molecule has 0 saturated carbocycles. The van der Waals surface area contributed by atoms with Gasteiger partial charge in [-0.1, -0.05) is 56.7 Å². The van der Waals surface area contributed by atoms with E-state index in [1.165, 1.54) is 34.7 Å². The van der Waals surface area contributed by atoms with E-state index in [1.54, 1.807) is 12.1 Å². The SMILES string of the molecule is C=C=CC(=O)CCCNC(=O)CCCCCN1C(=CC=CC=CC2=[N+](C)c3ccc(C)cc3C2(C)C)C(C)(C)c2cc(S(=O)(=O)O)ccc21. The van der Waals surface area contributed by atoms with E-state index in [2.05, 4.69) is 105 Å². The maximum Gasteiger partial charge on any atom is 0.294 e. The Morgan fingerprint density at radius 2 is 1.71 bits per heavy atom. The Labute approximate surface area is 292 Å². The van der Waals surface area contributed by atoms with E-state index in [9.17, 15) is 22.6 Å². The number of allylic oxidation sites excluding steroid dienone is 7. The Hall–Kier alpha value is -4.30. The predicted octanol–water partition coefficient (Wildman–Crippen LogP) is 7.41. The second kappa shape index (κ2) is 15.5. The van der Waals surface area contributed by atoms with E-state index in [0.29, 0.717) is 32.4 Å².